The Hall–Kier alpha value is -2.63. The number of carbonyl (C=O) groups is 1. The highest BCUT2D eigenvalue weighted by Crippen LogP contribution is 2.27. The lowest BCUT2D eigenvalue weighted by Gasteiger charge is -2.08. The van der Waals surface area contributed by atoms with Crippen molar-refractivity contribution in [3.05, 3.63) is 82.1 Å². The SMILES string of the molecule is O=C(NCc1ccccc1)c1cnc(Nc2cc(Cl)ccc2Cl)nc1. The second kappa shape index (κ2) is 7.96. The summed E-state index contributed by atoms with van der Waals surface area (Å²) in [6.45, 7) is 0.442. The van der Waals surface area contributed by atoms with Crippen molar-refractivity contribution in [2.45, 2.75) is 6.54 Å². The number of carbonyl (C=O) groups excluding carboxylic acids is 1. The van der Waals surface area contributed by atoms with Gasteiger partial charge in [-0.25, -0.2) is 9.97 Å². The summed E-state index contributed by atoms with van der Waals surface area (Å²) in [5.74, 6) is 0.0833. The maximum atomic E-state index is 12.1. The van der Waals surface area contributed by atoms with Gasteiger partial charge in [0.25, 0.3) is 5.91 Å². The average Bonchev–Trinajstić information content (AvgIpc) is 2.64. The summed E-state index contributed by atoms with van der Waals surface area (Å²) in [5.41, 5.74) is 1.99. The number of nitrogens with zero attached hydrogens (tertiary/aromatic N) is 2. The van der Waals surface area contributed by atoms with E-state index in [1.54, 1.807) is 18.2 Å². The molecule has 0 aliphatic heterocycles. The molecule has 0 bridgehead atoms. The molecule has 1 aromatic heterocycles. The number of hydrogen-bond acceptors (Lipinski definition) is 4. The van der Waals surface area contributed by atoms with Gasteiger partial charge in [0.15, 0.2) is 0 Å². The number of nitrogens with one attached hydrogen (secondary N) is 2. The molecule has 25 heavy (non-hydrogen) atoms. The van der Waals surface area contributed by atoms with Crippen LogP contribution in [0.3, 0.4) is 0 Å². The maximum Gasteiger partial charge on any atom is 0.254 e. The van der Waals surface area contributed by atoms with E-state index in [-0.39, 0.29) is 5.91 Å². The third-order valence-electron chi connectivity index (χ3n) is 3.38. The fraction of sp³-hybridized carbons (Fsp3) is 0.0556. The summed E-state index contributed by atoms with van der Waals surface area (Å²) in [6.07, 6.45) is 2.90. The lowest BCUT2D eigenvalue weighted by atomic mass is 10.2. The third kappa shape index (κ3) is 4.68. The zero-order valence-corrected chi connectivity index (χ0v) is 14.6. The molecule has 1 heterocycles. The molecule has 126 valence electrons. The molecule has 7 heteroatoms. The molecule has 1 amide bonds. The second-order valence-electron chi connectivity index (χ2n) is 5.21. The van der Waals surface area contributed by atoms with Crippen LogP contribution >= 0.6 is 23.2 Å². The molecule has 2 N–H and O–H groups in total. The number of amides is 1. The number of hydrogen-bond donors (Lipinski definition) is 2. The van der Waals surface area contributed by atoms with Gasteiger partial charge in [-0.15, -0.1) is 0 Å². The molecule has 0 radical (unpaired) electrons. The van der Waals surface area contributed by atoms with Crippen LogP contribution in [0.1, 0.15) is 15.9 Å². The Labute approximate surface area is 155 Å². The smallest absolute Gasteiger partial charge is 0.254 e. The maximum absolute atomic E-state index is 12.1. The van der Waals surface area contributed by atoms with E-state index in [1.165, 1.54) is 12.4 Å². The summed E-state index contributed by atoms with van der Waals surface area (Å²) in [6, 6.07) is 14.7. The Kier molecular flexibility index (Phi) is 5.48. The molecule has 3 aromatic rings. The van der Waals surface area contributed by atoms with E-state index >= 15 is 0 Å². The van der Waals surface area contributed by atoms with Gasteiger partial charge in [-0.2, -0.15) is 0 Å². The van der Waals surface area contributed by atoms with Crippen LogP contribution in [-0.2, 0) is 6.54 Å². The Morgan fingerprint density at radius 2 is 1.72 bits per heavy atom. The molecule has 0 aliphatic rings. The highest BCUT2D eigenvalue weighted by atomic mass is 35.5. The van der Waals surface area contributed by atoms with E-state index in [0.29, 0.717) is 33.8 Å². The standard InChI is InChI=1S/C18H14Cl2N4O/c19-14-6-7-15(20)16(8-14)24-18-22-10-13(11-23-18)17(25)21-9-12-4-2-1-3-5-12/h1-8,10-11H,9H2,(H,21,25)(H,22,23,24). The van der Waals surface area contributed by atoms with Crippen molar-refractivity contribution in [1.82, 2.24) is 15.3 Å². The van der Waals surface area contributed by atoms with E-state index in [4.69, 9.17) is 23.2 Å². The molecule has 0 saturated heterocycles. The Bertz CT molecular complexity index is 870. The fourth-order valence-electron chi connectivity index (χ4n) is 2.10. The van der Waals surface area contributed by atoms with Gasteiger partial charge in [0.1, 0.15) is 0 Å². The minimum atomic E-state index is -0.240. The van der Waals surface area contributed by atoms with Gasteiger partial charge in [0, 0.05) is 24.0 Å². The van der Waals surface area contributed by atoms with Crippen LogP contribution in [0.2, 0.25) is 10.0 Å². The van der Waals surface area contributed by atoms with Crippen LogP contribution in [0, 0.1) is 0 Å². The van der Waals surface area contributed by atoms with E-state index in [9.17, 15) is 4.79 Å². The summed E-state index contributed by atoms with van der Waals surface area (Å²) in [5, 5.41) is 6.83. The van der Waals surface area contributed by atoms with Crippen LogP contribution in [0.25, 0.3) is 0 Å². The van der Waals surface area contributed by atoms with E-state index in [2.05, 4.69) is 20.6 Å². The van der Waals surface area contributed by atoms with E-state index < -0.39 is 0 Å². The number of halogens is 2. The zero-order chi connectivity index (χ0) is 17.6. The molecular formula is C18H14Cl2N4O. The van der Waals surface area contributed by atoms with Crippen molar-refractivity contribution in [1.29, 1.82) is 0 Å². The fourth-order valence-corrected chi connectivity index (χ4v) is 2.44. The topological polar surface area (TPSA) is 66.9 Å². The predicted octanol–water partition coefficient (Wildman–Crippen LogP) is 4.46. The Morgan fingerprint density at radius 3 is 2.44 bits per heavy atom. The Morgan fingerprint density at radius 1 is 1.00 bits per heavy atom. The molecule has 0 saturated carbocycles. The minimum Gasteiger partial charge on any atom is -0.348 e. The lowest BCUT2D eigenvalue weighted by molar-refractivity contribution is 0.0950. The largest absolute Gasteiger partial charge is 0.348 e. The van der Waals surface area contributed by atoms with Crippen molar-refractivity contribution in [3.8, 4) is 0 Å². The number of rotatable bonds is 5. The normalized spacial score (nSPS) is 10.3. The summed E-state index contributed by atoms with van der Waals surface area (Å²) >= 11 is 12.0. The molecule has 3 rings (SSSR count). The van der Waals surface area contributed by atoms with Crippen LogP contribution in [0.15, 0.2) is 60.9 Å². The predicted molar refractivity (Wildman–Crippen MR) is 99.4 cm³/mol. The van der Waals surface area contributed by atoms with E-state index in [1.807, 2.05) is 30.3 Å². The van der Waals surface area contributed by atoms with Crippen molar-refractivity contribution >= 4 is 40.7 Å². The molecule has 0 atom stereocenters. The Balaban J connectivity index is 1.63. The van der Waals surface area contributed by atoms with Crippen molar-refractivity contribution in [3.63, 3.8) is 0 Å². The van der Waals surface area contributed by atoms with Crippen molar-refractivity contribution < 1.29 is 4.79 Å². The van der Waals surface area contributed by atoms with Crippen LogP contribution in [0.4, 0.5) is 11.6 Å². The first-order valence-electron chi connectivity index (χ1n) is 7.48. The average molecular weight is 373 g/mol. The van der Waals surface area contributed by atoms with Crippen LogP contribution in [0.5, 0.6) is 0 Å². The summed E-state index contributed by atoms with van der Waals surface area (Å²) in [7, 11) is 0. The first-order chi connectivity index (χ1) is 12.1. The highest BCUT2D eigenvalue weighted by Gasteiger charge is 2.08. The molecule has 0 aliphatic carbocycles. The molecule has 0 unspecified atom stereocenters. The zero-order valence-electron chi connectivity index (χ0n) is 13.0. The molecule has 0 fully saturated rings. The highest BCUT2D eigenvalue weighted by molar-refractivity contribution is 6.35. The monoisotopic (exact) mass is 372 g/mol. The quantitative estimate of drug-likeness (QED) is 0.693. The summed E-state index contributed by atoms with van der Waals surface area (Å²) < 4.78 is 0. The second-order valence-corrected chi connectivity index (χ2v) is 6.06. The number of anilines is 2. The molecule has 5 nitrogen and oxygen atoms in total. The molecule has 2 aromatic carbocycles. The first kappa shape index (κ1) is 17.2. The van der Waals surface area contributed by atoms with Crippen molar-refractivity contribution in [2.24, 2.45) is 0 Å². The number of aromatic nitrogens is 2. The van der Waals surface area contributed by atoms with Gasteiger partial charge in [-0.1, -0.05) is 53.5 Å². The number of benzene rings is 2. The molecular weight excluding hydrogens is 359 g/mol. The van der Waals surface area contributed by atoms with Gasteiger partial charge in [-0.3, -0.25) is 4.79 Å². The lowest BCUT2D eigenvalue weighted by Crippen LogP contribution is -2.23. The van der Waals surface area contributed by atoms with Crippen LogP contribution in [-0.4, -0.2) is 15.9 Å². The van der Waals surface area contributed by atoms with Gasteiger partial charge in [0.05, 0.1) is 16.3 Å². The van der Waals surface area contributed by atoms with E-state index in [0.717, 1.165) is 5.56 Å². The van der Waals surface area contributed by atoms with Gasteiger partial charge in [-0.05, 0) is 23.8 Å². The summed E-state index contributed by atoms with van der Waals surface area (Å²) in [4.78, 5) is 20.4. The van der Waals surface area contributed by atoms with Gasteiger partial charge >= 0.3 is 0 Å². The van der Waals surface area contributed by atoms with Crippen LogP contribution < -0.4 is 10.6 Å². The van der Waals surface area contributed by atoms with Gasteiger partial charge in [0.2, 0.25) is 5.95 Å². The third-order valence-corrected chi connectivity index (χ3v) is 3.95. The minimum absolute atomic E-state index is 0.240. The first-order valence-corrected chi connectivity index (χ1v) is 8.23. The van der Waals surface area contributed by atoms with Gasteiger partial charge < -0.3 is 10.6 Å². The molecule has 0 spiro atoms. The van der Waals surface area contributed by atoms with Crippen molar-refractivity contribution in [2.75, 3.05) is 5.32 Å².